The van der Waals surface area contributed by atoms with Crippen LogP contribution in [-0.2, 0) is 23.8 Å². The van der Waals surface area contributed by atoms with Gasteiger partial charge in [-0.25, -0.2) is 4.79 Å². The molecule has 2 unspecified atom stereocenters. The molecule has 2 atom stereocenters. The van der Waals surface area contributed by atoms with Gasteiger partial charge < -0.3 is 14.2 Å². The molecule has 0 aromatic carbocycles. The third-order valence-corrected chi connectivity index (χ3v) is 10.5. The van der Waals surface area contributed by atoms with Gasteiger partial charge in [-0.2, -0.15) is 8.78 Å². The highest BCUT2D eigenvalue weighted by molar-refractivity contribution is 5.79. The highest BCUT2D eigenvalue weighted by Crippen LogP contribution is 2.63. The van der Waals surface area contributed by atoms with Crippen molar-refractivity contribution in [1.82, 2.24) is 0 Å². The van der Waals surface area contributed by atoms with Crippen LogP contribution >= 0.6 is 0 Å². The maximum absolute atomic E-state index is 14.0. The Labute approximate surface area is 200 Å². The highest BCUT2D eigenvalue weighted by atomic mass is 19.3. The first-order valence-corrected chi connectivity index (χ1v) is 13.6. The third kappa shape index (κ3) is 3.88. The van der Waals surface area contributed by atoms with Crippen LogP contribution in [0.5, 0.6) is 0 Å². The number of carbonyl (C=O) groups is 2. The van der Waals surface area contributed by atoms with Crippen LogP contribution in [0.1, 0.15) is 84.0 Å². The van der Waals surface area contributed by atoms with Crippen LogP contribution in [0.3, 0.4) is 0 Å². The molecule has 0 aromatic heterocycles. The van der Waals surface area contributed by atoms with Crippen LogP contribution in [0.25, 0.3) is 0 Å². The Morgan fingerprint density at radius 1 is 0.882 bits per heavy atom. The first-order valence-electron chi connectivity index (χ1n) is 13.6. The predicted octanol–water partition coefficient (Wildman–Crippen LogP) is 5.50. The summed E-state index contributed by atoms with van der Waals surface area (Å²) in [4.78, 5) is 25.5. The SMILES string of the molecule is CCC(F)(F)C(=O)OC12CC3CC(C1)CC(C(=O)OCOCC1C4CC5CC(C4)CC1C5)(C3)C2. The molecule has 0 radical (unpaired) electrons. The van der Waals surface area contributed by atoms with Gasteiger partial charge in [0.25, 0.3) is 0 Å². The normalized spacial score (nSPS) is 46.0. The molecule has 8 bridgehead atoms. The summed E-state index contributed by atoms with van der Waals surface area (Å²) in [7, 11) is 0. The van der Waals surface area contributed by atoms with Gasteiger partial charge in [-0.15, -0.1) is 0 Å². The Morgan fingerprint density at radius 3 is 2.06 bits per heavy atom. The van der Waals surface area contributed by atoms with Gasteiger partial charge in [-0.1, -0.05) is 6.92 Å². The van der Waals surface area contributed by atoms with Gasteiger partial charge in [0.15, 0.2) is 6.79 Å². The molecular formula is C27H38F2O5. The number of esters is 2. The van der Waals surface area contributed by atoms with Gasteiger partial charge in [-0.05, 0) is 106 Å². The van der Waals surface area contributed by atoms with Gasteiger partial charge in [-0.3, -0.25) is 4.79 Å². The number of ether oxygens (including phenoxy) is 3. The van der Waals surface area contributed by atoms with Crippen LogP contribution in [-0.4, -0.2) is 36.9 Å². The van der Waals surface area contributed by atoms with E-state index in [1.54, 1.807) is 0 Å². The average molecular weight is 481 g/mol. The molecule has 0 heterocycles. The summed E-state index contributed by atoms with van der Waals surface area (Å²) < 4.78 is 45.0. The number of hydrogen-bond acceptors (Lipinski definition) is 5. The lowest BCUT2D eigenvalue weighted by molar-refractivity contribution is -0.229. The average Bonchev–Trinajstić information content (AvgIpc) is 2.76. The molecule has 8 fully saturated rings. The third-order valence-electron chi connectivity index (χ3n) is 10.5. The second kappa shape index (κ2) is 8.14. The van der Waals surface area contributed by atoms with E-state index in [-0.39, 0.29) is 24.6 Å². The summed E-state index contributed by atoms with van der Waals surface area (Å²) in [5.41, 5.74) is -1.70. The van der Waals surface area contributed by atoms with Crippen LogP contribution in [0.2, 0.25) is 0 Å². The molecule has 0 amide bonds. The van der Waals surface area contributed by atoms with E-state index in [2.05, 4.69) is 0 Å². The molecule has 0 spiro atoms. The van der Waals surface area contributed by atoms with Crippen LogP contribution in [0.15, 0.2) is 0 Å². The zero-order chi connectivity index (χ0) is 23.7. The Morgan fingerprint density at radius 2 is 1.47 bits per heavy atom. The molecule has 34 heavy (non-hydrogen) atoms. The first kappa shape index (κ1) is 23.2. The number of alkyl halides is 2. The van der Waals surface area contributed by atoms with E-state index < -0.39 is 29.3 Å². The van der Waals surface area contributed by atoms with E-state index in [0.717, 1.165) is 30.1 Å². The zero-order valence-electron chi connectivity index (χ0n) is 20.2. The van der Waals surface area contributed by atoms with E-state index in [1.807, 2.05) is 0 Å². The van der Waals surface area contributed by atoms with Gasteiger partial charge in [0, 0.05) is 12.8 Å². The number of carbonyl (C=O) groups excluding carboxylic acids is 2. The minimum Gasteiger partial charge on any atom is -0.455 e. The number of rotatable bonds is 8. The van der Waals surface area contributed by atoms with Crippen molar-refractivity contribution in [3.05, 3.63) is 0 Å². The van der Waals surface area contributed by atoms with Crippen LogP contribution in [0.4, 0.5) is 8.78 Å². The highest BCUT2D eigenvalue weighted by Gasteiger charge is 2.64. The maximum Gasteiger partial charge on any atom is 0.377 e. The van der Waals surface area contributed by atoms with Crippen molar-refractivity contribution < 1.29 is 32.6 Å². The Hall–Kier alpha value is -1.24. The minimum absolute atomic E-state index is 0.0423. The summed E-state index contributed by atoms with van der Waals surface area (Å²) in [6, 6.07) is 0. The first-order chi connectivity index (χ1) is 16.2. The van der Waals surface area contributed by atoms with Crippen molar-refractivity contribution in [2.45, 2.75) is 95.5 Å². The van der Waals surface area contributed by atoms with Gasteiger partial charge in [0.1, 0.15) is 5.60 Å². The summed E-state index contributed by atoms with van der Waals surface area (Å²) in [6.07, 6.45) is 10.0. The van der Waals surface area contributed by atoms with Gasteiger partial charge >= 0.3 is 17.9 Å². The zero-order valence-corrected chi connectivity index (χ0v) is 20.2. The largest absolute Gasteiger partial charge is 0.455 e. The molecule has 0 saturated heterocycles. The van der Waals surface area contributed by atoms with Crippen molar-refractivity contribution in [2.75, 3.05) is 13.4 Å². The lowest BCUT2D eigenvalue weighted by atomic mass is 9.48. The fourth-order valence-corrected chi connectivity index (χ4v) is 9.69. The molecule has 8 saturated carbocycles. The minimum atomic E-state index is -3.48. The molecular weight excluding hydrogens is 442 g/mol. The second-order valence-corrected chi connectivity index (χ2v) is 12.9. The monoisotopic (exact) mass is 480 g/mol. The Balaban J connectivity index is 1.05. The summed E-state index contributed by atoms with van der Waals surface area (Å²) in [5, 5.41) is 0. The molecule has 8 aliphatic carbocycles. The molecule has 8 aliphatic rings. The smallest absolute Gasteiger partial charge is 0.377 e. The quantitative estimate of drug-likeness (QED) is 0.261. The molecule has 5 nitrogen and oxygen atoms in total. The molecule has 7 heteroatoms. The number of hydrogen-bond donors (Lipinski definition) is 0. The van der Waals surface area contributed by atoms with Crippen molar-refractivity contribution in [2.24, 2.45) is 46.8 Å². The maximum atomic E-state index is 14.0. The predicted molar refractivity (Wildman–Crippen MR) is 119 cm³/mol. The van der Waals surface area contributed by atoms with Crippen molar-refractivity contribution in [3.63, 3.8) is 0 Å². The standard InChI is InChI=1S/C27H38F2O5/c1-2-27(28,29)24(31)34-26-11-18-4-19(12-26)10-25(9-18,14-26)23(30)33-15-32-13-22-20-5-16-3-17(7-20)8-21(22)6-16/h16-22H,2-15H2,1H3. The summed E-state index contributed by atoms with van der Waals surface area (Å²) in [5.74, 6) is -0.822. The topological polar surface area (TPSA) is 61.8 Å². The Kier molecular flexibility index (Phi) is 5.55. The van der Waals surface area contributed by atoms with Crippen LogP contribution < -0.4 is 0 Å². The van der Waals surface area contributed by atoms with Crippen LogP contribution in [0, 0.1) is 46.8 Å². The second-order valence-electron chi connectivity index (χ2n) is 12.9. The van der Waals surface area contributed by atoms with E-state index in [4.69, 9.17) is 14.2 Å². The summed E-state index contributed by atoms with van der Waals surface area (Å²) >= 11 is 0. The fraction of sp³-hybridized carbons (Fsp3) is 0.926. The van der Waals surface area contributed by atoms with E-state index in [0.29, 0.717) is 44.6 Å². The van der Waals surface area contributed by atoms with Crippen molar-refractivity contribution >= 4 is 11.9 Å². The van der Waals surface area contributed by atoms with E-state index >= 15 is 0 Å². The van der Waals surface area contributed by atoms with Crippen molar-refractivity contribution in [1.29, 1.82) is 0 Å². The van der Waals surface area contributed by atoms with Gasteiger partial charge in [0.05, 0.1) is 12.0 Å². The molecule has 0 N–H and O–H groups in total. The van der Waals surface area contributed by atoms with Crippen molar-refractivity contribution in [3.8, 4) is 0 Å². The van der Waals surface area contributed by atoms with E-state index in [9.17, 15) is 18.4 Å². The lowest BCUT2D eigenvalue weighted by Crippen LogP contribution is -2.60. The molecule has 190 valence electrons. The summed E-state index contributed by atoms with van der Waals surface area (Å²) in [6.45, 7) is 1.90. The molecule has 0 aromatic rings. The molecule has 8 rings (SSSR count). The lowest BCUT2D eigenvalue weighted by Gasteiger charge is -2.59. The Bertz CT molecular complexity index is 799. The fourth-order valence-electron chi connectivity index (χ4n) is 9.69. The molecule has 0 aliphatic heterocycles. The van der Waals surface area contributed by atoms with E-state index in [1.165, 1.54) is 39.0 Å². The van der Waals surface area contributed by atoms with Gasteiger partial charge in [0.2, 0.25) is 0 Å². The number of halogens is 2.